The predicted octanol–water partition coefficient (Wildman–Crippen LogP) is 2.05. The van der Waals surface area contributed by atoms with Gasteiger partial charge in [0.15, 0.2) is 0 Å². The van der Waals surface area contributed by atoms with Gasteiger partial charge in [-0.25, -0.2) is 0 Å². The van der Waals surface area contributed by atoms with Crippen molar-refractivity contribution in [3.8, 4) is 0 Å². The molecule has 0 aromatic heterocycles. The molecule has 0 aliphatic rings. The summed E-state index contributed by atoms with van der Waals surface area (Å²) in [6.45, 7) is 9.12. The second-order valence-electron chi connectivity index (χ2n) is 4.49. The van der Waals surface area contributed by atoms with Crippen molar-refractivity contribution >= 4 is 0 Å². The maximum atomic E-state index is 9.04. The molecule has 0 heterocycles. The van der Waals surface area contributed by atoms with Crippen LogP contribution < -0.4 is 0 Å². The molecule has 0 bridgehead atoms. The molecular formula is C11H24O2. The summed E-state index contributed by atoms with van der Waals surface area (Å²) in [7, 11) is 0. The Kier molecular flexibility index (Phi) is 5.57. The van der Waals surface area contributed by atoms with Crippen LogP contribution in [0.25, 0.3) is 0 Å². The third-order valence-electron chi connectivity index (χ3n) is 3.45. The van der Waals surface area contributed by atoms with Crippen LogP contribution in [0.15, 0.2) is 0 Å². The second-order valence-corrected chi connectivity index (χ2v) is 4.49. The molecule has 0 fully saturated rings. The molecule has 0 amide bonds. The fraction of sp³-hybridized carbons (Fsp3) is 1.00. The highest BCUT2D eigenvalue weighted by molar-refractivity contribution is 4.85. The number of aliphatic hydroxyl groups is 2. The highest BCUT2D eigenvalue weighted by Crippen LogP contribution is 2.42. The Bertz CT molecular complexity index is 114. The van der Waals surface area contributed by atoms with Crippen LogP contribution in [0, 0.1) is 17.3 Å². The van der Waals surface area contributed by atoms with Crippen molar-refractivity contribution in [2.24, 2.45) is 17.3 Å². The largest absolute Gasteiger partial charge is 0.396 e. The van der Waals surface area contributed by atoms with Crippen molar-refractivity contribution in [1.29, 1.82) is 0 Å². The van der Waals surface area contributed by atoms with E-state index in [1.165, 1.54) is 0 Å². The van der Waals surface area contributed by atoms with Crippen molar-refractivity contribution in [1.82, 2.24) is 0 Å². The van der Waals surface area contributed by atoms with Crippen LogP contribution in [0.5, 0.6) is 0 Å². The number of rotatable bonds is 6. The fourth-order valence-corrected chi connectivity index (χ4v) is 2.36. The first-order chi connectivity index (χ1) is 6.01. The van der Waals surface area contributed by atoms with E-state index in [0.29, 0.717) is 11.8 Å². The average Bonchev–Trinajstić information content (AvgIpc) is 2.03. The summed E-state index contributed by atoms with van der Waals surface area (Å²) in [6.07, 6.45) is 1.59. The van der Waals surface area contributed by atoms with Crippen LogP contribution in [0.1, 0.15) is 40.5 Å². The summed E-state index contributed by atoms with van der Waals surface area (Å²) in [6, 6.07) is 0. The molecule has 0 aliphatic carbocycles. The fourth-order valence-electron chi connectivity index (χ4n) is 2.36. The zero-order chi connectivity index (χ0) is 10.5. The molecule has 2 nitrogen and oxygen atoms in total. The Morgan fingerprint density at radius 2 is 1.15 bits per heavy atom. The van der Waals surface area contributed by atoms with E-state index in [0.717, 1.165) is 12.8 Å². The molecular weight excluding hydrogens is 164 g/mol. The van der Waals surface area contributed by atoms with Crippen LogP contribution in [0.4, 0.5) is 0 Å². The Morgan fingerprint density at radius 1 is 0.846 bits per heavy atom. The van der Waals surface area contributed by atoms with E-state index in [1.807, 2.05) is 0 Å². The van der Waals surface area contributed by atoms with Gasteiger partial charge in [0.25, 0.3) is 0 Å². The van der Waals surface area contributed by atoms with Crippen LogP contribution in [0.3, 0.4) is 0 Å². The highest BCUT2D eigenvalue weighted by atomic mass is 16.3. The van der Waals surface area contributed by atoms with E-state index < -0.39 is 0 Å². The molecule has 0 aromatic carbocycles. The van der Waals surface area contributed by atoms with Gasteiger partial charge in [-0.05, 0) is 30.1 Å². The van der Waals surface area contributed by atoms with Crippen molar-refractivity contribution in [3.05, 3.63) is 0 Å². The summed E-state index contributed by atoms with van der Waals surface area (Å²) >= 11 is 0. The maximum Gasteiger partial charge on any atom is 0.0436 e. The summed E-state index contributed by atoms with van der Waals surface area (Å²) in [5.41, 5.74) is 0.101. The Hall–Kier alpha value is -0.0800. The first-order valence-corrected chi connectivity index (χ1v) is 5.23. The first-order valence-electron chi connectivity index (χ1n) is 5.23. The number of hydrogen-bond acceptors (Lipinski definition) is 2. The van der Waals surface area contributed by atoms with Crippen LogP contribution in [-0.2, 0) is 0 Å². The topological polar surface area (TPSA) is 40.5 Å². The molecule has 0 spiro atoms. The van der Waals surface area contributed by atoms with Gasteiger partial charge < -0.3 is 10.2 Å². The van der Waals surface area contributed by atoms with Crippen molar-refractivity contribution < 1.29 is 10.2 Å². The van der Waals surface area contributed by atoms with E-state index in [9.17, 15) is 0 Å². The van der Waals surface area contributed by atoms with Crippen molar-refractivity contribution in [3.63, 3.8) is 0 Å². The Labute approximate surface area is 82.0 Å². The molecule has 0 saturated carbocycles. The lowest BCUT2D eigenvalue weighted by atomic mass is 9.65. The molecule has 0 aliphatic heterocycles. The van der Waals surface area contributed by atoms with Gasteiger partial charge in [0.2, 0.25) is 0 Å². The molecule has 2 N–H and O–H groups in total. The standard InChI is InChI=1S/C11H24O2/c1-9(2)11(5-7-12,6-8-13)10(3)4/h9-10,12-13H,5-8H2,1-4H3. The van der Waals surface area contributed by atoms with Gasteiger partial charge in [0.05, 0.1) is 0 Å². The molecule has 80 valence electrons. The lowest BCUT2D eigenvalue weighted by Crippen LogP contribution is -2.35. The van der Waals surface area contributed by atoms with Crippen LogP contribution in [-0.4, -0.2) is 23.4 Å². The number of aliphatic hydroxyl groups excluding tert-OH is 2. The van der Waals surface area contributed by atoms with Gasteiger partial charge in [0.1, 0.15) is 0 Å². The minimum absolute atomic E-state index is 0.101. The lowest BCUT2D eigenvalue weighted by molar-refractivity contribution is 0.0402. The van der Waals surface area contributed by atoms with E-state index >= 15 is 0 Å². The van der Waals surface area contributed by atoms with E-state index in [4.69, 9.17) is 10.2 Å². The van der Waals surface area contributed by atoms with Crippen LogP contribution >= 0.6 is 0 Å². The average molecular weight is 188 g/mol. The molecule has 0 atom stereocenters. The predicted molar refractivity (Wildman–Crippen MR) is 55.5 cm³/mol. The molecule has 13 heavy (non-hydrogen) atoms. The van der Waals surface area contributed by atoms with E-state index in [-0.39, 0.29) is 18.6 Å². The van der Waals surface area contributed by atoms with E-state index in [1.54, 1.807) is 0 Å². The quantitative estimate of drug-likeness (QED) is 0.669. The third kappa shape index (κ3) is 2.96. The highest BCUT2D eigenvalue weighted by Gasteiger charge is 2.35. The summed E-state index contributed by atoms with van der Waals surface area (Å²) in [4.78, 5) is 0. The maximum absolute atomic E-state index is 9.04. The van der Waals surface area contributed by atoms with Crippen molar-refractivity contribution in [2.45, 2.75) is 40.5 Å². The zero-order valence-corrected chi connectivity index (χ0v) is 9.38. The third-order valence-corrected chi connectivity index (χ3v) is 3.45. The van der Waals surface area contributed by atoms with Gasteiger partial charge in [-0.15, -0.1) is 0 Å². The summed E-state index contributed by atoms with van der Waals surface area (Å²) in [5.74, 6) is 1.01. The van der Waals surface area contributed by atoms with Gasteiger partial charge in [-0.3, -0.25) is 0 Å². The van der Waals surface area contributed by atoms with Gasteiger partial charge >= 0.3 is 0 Å². The van der Waals surface area contributed by atoms with Crippen LogP contribution in [0.2, 0.25) is 0 Å². The molecule has 0 rings (SSSR count). The Balaban J connectivity index is 4.59. The number of hydrogen-bond donors (Lipinski definition) is 2. The SMILES string of the molecule is CC(C)C(CCO)(CCO)C(C)C. The minimum atomic E-state index is 0.101. The minimum Gasteiger partial charge on any atom is -0.396 e. The van der Waals surface area contributed by atoms with E-state index in [2.05, 4.69) is 27.7 Å². The summed E-state index contributed by atoms with van der Waals surface area (Å²) in [5, 5.41) is 18.1. The molecule has 0 saturated heterocycles. The van der Waals surface area contributed by atoms with Gasteiger partial charge in [-0.1, -0.05) is 27.7 Å². The molecule has 0 radical (unpaired) electrons. The monoisotopic (exact) mass is 188 g/mol. The van der Waals surface area contributed by atoms with Gasteiger partial charge in [0, 0.05) is 13.2 Å². The lowest BCUT2D eigenvalue weighted by Gasteiger charge is -2.41. The van der Waals surface area contributed by atoms with Gasteiger partial charge in [-0.2, -0.15) is 0 Å². The summed E-state index contributed by atoms with van der Waals surface area (Å²) < 4.78 is 0. The normalized spacial score (nSPS) is 12.9. The smallest absolute Gasteiger partial charge is 0.0436 e. The van der Waals surface area contributed by atoms with Crippen molar-refractivity contribution in [2.75, 3.05) is 13.2 Å². The molecule has 0 aromatic rings. The molecule has 2 heteroatoms. The first kappa shape index (κ1) is 12.9. The zero-order valence-electron chi connectivity index (χ0n) is 9.38. The Morgan fingerprint density at radius 3 is 1.31 bits per heavy atom. The molecule has 0 unspecified atom stereocenters. The second kappa shape index (κ2) is 5.61.